The van der Waals surface area contributed by atoms with Crippen LogP contribution in [-0.4, -0.2) is 72.3 Å². The molecule has 2 saturated heterocycles. The average molecular weight is 482 g/mol. The molecule has 0 saturated carbocycles. The second kappa shape index (κ2) is 9.49. The number of hydrogen-bond donors (Lipinski definition) is 2. The zero-order chi connectivity index (χ0) is 16.1. The van der Waals surface area contributed by atoms with E-state index in [2.05, 4.69) is 39.6 Å². The number of thioether (sulfide) groups is 1. The lowest BCUT2D eigenvalue weighted by Crippen LogP contribution is -2.52. The van der Waals surface area contributed by atoms with Crippen molar-refractivity contribution in [3.8, 4) is 0 Å². The predicted octanol–water partition coefficient (Wildman–Crippen LogP) is 2.32. The van der Waals surface area contributed by atoms with Gasteiger partial charge in [-0.15, -0.1) is 35.3 Å². The summed E-state index contributed by atoms with van der Waals surface area (Å²) in [5.74, 6) is 2.80. The second-order valence-corrected chi connectivity index (χ2v) is 8.15. The Bertz CT molecular complexity index is 512. The number of aliphatic imine (C=N–C) groups is 1. The molecule has 24 heavy (non-hydrogen) atoms. The number of guanidine groups is 1. The van der Waals surface area contributed by atoms with E-state index in [-0.39, 0.29) is 24.0 Å². The summed E-state index contributed by atoms with van der Waals surface area (Å²) >= 11 is 3.62. The Balaban J connectivity index is 0.00000208. The first kappa shape index (κ1) is 20.1. The molecule has 1 atom stereocenters. The highest BCUT2D eigenvalue weighted by molar-refractivity contribution is 14.0. The van der Waals surface area contributed by atoms with E-state index in [0.717, 1.165) is 56.6 Å². The lowest BCUT2D eigenvalue weighted by molar-refractivity contribution is 0.0775. The summed E-state index contributed by atoms with van der Waals surface area (Å²) in [5, 5.41) is 17.4. The molecule has 0 aliphatic carbocycles. The van der Waals surface area contributed by atoms with E-state index in [0.29, 0.717) is 6.54 Å². The van der Waals surface area contributed by atoms with Crippen LogP contribution in [-0.2, 0) is 0 Å². The van der Waals surface area contributed by atoms with Crippen LogP contribution in [0.3, 0.4) is 0 Å². The van der Waals surface area contributed by atoms with Gasteiger partial charge in [-0.25, -0.2) is 0 Å². The number of aliphatic hydroxyl groups is 1. The van der Waals surface area contributed by atoms with Gasteiger partial charge < -0.3 is 20.2 Å². The van der Waals surface area contributed by atoms with Crippen LogP contribution >= 0.6 is 47.1 Å². The highest BCUT2D eigenvalue weighted by atomic mass is 127. The third-order valence-electron chi connectivity index (χ3n) is 4.34. The molecule has 2 N–H and O–H groups in total. The summed E-state index contributed by atoms with van der Waals surface area (Å²) in [6.45, 7) is 7.44. The fraction of sp³-hybridized carbons (Fsp3) is 0.688. The molecule has 2 aliphatic heterocycles. The Hall–Kier alpha value is -0.190. The normalized spacial score (nSPS) is 24.8. The topological polar surface area (TPSA) is 51.1 Å². The van der Waals surface area contributed by atoms with E-state index in [4.69, 9.17) is 4.99 Å². The number of nitrogens with one attached hydrogen (secondary N) is 1. The summed E-state index contributed by atoms with van der Waals surface area (Å²) in [6.07, 6.45) is 0.854. The first-order chi connectivity index (χ1) is 11.2. The van der Waals surface area contributed by atoms with Gasteiger partial charge in [-0.1, -0.05) is 0 Å². The van der Waals surface area contributed by atoms with Crippen molar-refractivity contribution in [2.24, 2.45) is 4.99 Å². The van der Waals surface area contributed by atoms with Crippen LogP contribution in [0.5, 0.6) is 0 Å². The summed E-state index contributed by atoms with van der Waals surface area (Å²) in [4.78, 5) is 9.49. The van der Waals surface area contributed by atoms with Crippen molar-refractivity contribution in [2.45, 2.75) is 18.9 Å². The lowest BCUT2D eigenvalue weighted by Gasteiger charge is -2.37. The maximum Gasteiger partial charge on any atom is 0.194 e. The molecule has 1 aromatic heterocycles. The molecular formula is C16H27IN4OS2. The van der Waals surface area contributed by atoms with Crippen molar-refractivity contribution >= 4 is 58.0 Å². The number of nitrogens with zero attached hydrogens (tertiary/aromatic N) is 3. The molecule has 3 rings (SSSR count). The van der Waals surface area contributed by atoms with Crippen LogP contribution in [0.4, 0.5) is 5.00 Å². The SMILES string of the molecule is CCNC(=NCC1(O)CCSC1)N1CCN(c2cccs2)CC1.I. The first-order valence-corrected chi connectivity index (χ1v) is 10.4. The predicted molar refractivity (Wildman–Crippen MR) is 116 cm³/mol. The molecular weight excluding hydrogens is 455 g/mol. The Morgan fingerprint density at radius 2 is 2.17 bits per heavy atom. The molecule has 1 aromatic rings. The molecule has 0 amide bonds. The average Bonchev–Trinajstić information content (AvgIpc) is 3.24. The van der Waals surface area contributed by atoms with E-state index < -0.39 is 5.60 Å². The molecule has 8 heteroatoms. The van der Waals surface area contributed by atoms with Crippen LogP contribution < -0.4 is 10.2 Å². The zero-order valence-corrected chi connectivity index (χ0v) is 18.1. The van der Waals surface area contributed by atoms with E-state index in [9.17, 15) is 5.11 Å². The van der Waals surface area contributed by atoms with Crippen molar-refractivity contribution in [2.75, 3.05) is 55.7 Å². The van der Waals surface area contributed by atoms with Crippen LogP contribution in [0.1, 0.15) is 13.3 Å². The number of anilines is 1. The Morgan fingerprint density at radius 3 is 2.75 bits per heavy atom. The Kier molecular flexibility index (Phi) is 7.96. The van der Waals surface area contributed by atoms with Crippen molar-refractivity contribution in [3.05, 3.63) is 17.5 Å². The smallest absolute Gasteiger partial charge is 0.194 e. The number of rotatable bonds is 4. The fourth-order valence-corrected chi connectivity index (χ4v) is 5.03. The molecule has 136 valence electrons. The summed E-state index contributed by atoms with van der Waals surface area (Å²) in [6, 6.07) is 4.30. The molecule has 5 nitrogen and oxygen atoms in total. The molecule has 1 unspecified atom stereocenters. The Morgan fingerprint density at radius 1 is 1.38 bits per heavy atom. The molecule has 0 aromatic carbocycles. The monoisotopic (exact) mass is 482 g/mol. The largest absolute Gasteiger partial charge is 0.387 e. The van der Waals surface area contributed by atoms with Gasteiger partial charge in [0.15, 0.2) is 5.96 Å². The third-order valence-corrected chi connectivity index (χ3v) is 6.50. The molecule has 0 radical (unpaired) electrons. The van der Waals surface area contributed by atoms with Gasteiger partial charge in [-0.05, 0) is 36.6 Å². The molecule has 2 aliphatic rings. The van der Waals surface area contributed by atoms with Crippen LogP contribution in [0.2, 0.25) is 0 Å². The van der Waals surface area contributed by atoms with Gasteiger partial charge in [0.2, 0.25) is 0 Å². The van der Waals surface area contributed by atoms with Crippen molar-refractivity contribution in [3.63, 3.8) is 0 Å². The minimum absolute atomic E-state index is 0. The third kappa shape index (κ3) is 5.15. The van der Waals surface area contributed by atoms with Gasteiger partial charge in [0.05, 0.1) is 17.1 Å². The van der Waals surface area contributed by atoms with E-state index in [1.165, 1.54) is 5.00 Å². The standard InChI is InChI=1S/C16H26N4OS2.HI/c1-2-17-15(18-12-16(21)5-11-22-13-16)20-8-6-19(7-9-20)14-4-3-10-23-14;/h3-4,10,21H,2,5-9,11-13H2,1H3,(H,17,18);1H. The minimum Gasteiger partial charge on any atom is -0.387 e. The highest BCUT2D eigenvalue weighted by Gasteiger charge is 2.32. The minimum atomic E-state index is -0.607. The number of hydrogen-bond acceptors (Lipinski definition) is 5. The van der Waals surface area contributed by atoms with E-state index >= 15 is 0 Å². The van der Waals surface area contributed by atoms with Gasteiger partial charge in [0.1, 0.15) is 0 Å². The van der Waals surface area contributed by atoms with Crippen molar-refractivity contribution in [1.29, 1.82) is 0 Å². The maximum atomic E-state index is 10.5. The second-order valence-electron chi connectivity index (χ2n) is 6.12. The molecule has 0 bridgehead atoms. The lowest BCUT2D eigenvalue weighted by atomic mass is 10.0. The number of thiophene rings is 1. The molecule has 0 spiro atoms. The summed E-state index contributed by atoms with van der Waals surface area (Å²) in [7, 11) is 0. The van der Waals surface area contributed by atoms with Crippen molar-refractivity contribution in [1.82, 2.24) is 10.2 Å². The van der Waals surface area contributed by atoms with E-state index in [1.807, 2.05) is 11.8 Å². The Labute approximate surface area is 169 Å². The van der Waals surface area contributed by atoms with Crippen LogP contribution in [0, 0.1) is 0 Å². The van der Waals surface area contributed by atoms with Crippen LogP contribution in [0.15, 0.2) is 22.5 Å². The van der Waals surface area contributed by atoms with Gasteiger partial charge in [-0.2, -0.15) is 11.8 Å². The van der Waals surface area contributed by atoms with Gasteiger partial charge in [0, 0.05) is 38.5 Å². The highest BCUT2D eigenvalue weighted by Crippen LogP contribution is 2.28. The van der Waals surface area contributed by atoms with Gasteiger partial charge in [0.25, 0.3) is 0 Å². The van der Waals surface area contributed by atoms with Crippen molar-refractivity contribution < 1.29 is 5.11 Å². The number of halogens is 1. The number of piperazine rings is 1. The molecule has 3 heterocycles. The maximum absolute atomic E-state index is 10.5. The van der Waals surface area contributed by atoms with E-state index in [1.54, 1.807) is 11.3 Å². The zero-order valence-electron chi connectivity index (χ0n) is 14.1. The molecule has 2 fully saturated rings. The fourth-order valence-electron chi connectivity index (χ4n) is 2.96. The summed E-state index contributed by atoms with van der Waals surface area (Å²) in [5.41, 5.74) is -0.607. The van der Waals surface area contributed by atoms with Crippen LogP contribution in [0.25, 0.3) is 0 Å². The quantitative estimate of drug-likeness (QED) is 0.392. The summed E-state index contributed by atoms with van der Waals surface area (Å²) < 4.78 is 0. The van der Waals surface area contributed by atoms with Gasteiger partial charge in [-0.3, -0.25) is 4.99 Å². The first-order valence-electron chi connectivity index (χ1n) is 8.32. The van der Waals surface area contributed by atoms with Gasteiger partial charge >= 0.3 is 0 Å².